The molecule has 0 amide bonds. The van der Waals surface area contributed by atoms with Gasteiger partial charge in [-0.1, -0.05) is 17.7 Å². The van der Waals surface area contributed by atoms with Gasteiger partial charge in [-0.2, -0.15) is 0 Å². The second-order valence-electron chi connectivity index (χ2n) is 6.49. The number of hydrogen-bond donors (Lipinski definition) is 1. The van der Waals surface area contributed by atoms with Crippen LogP contribution in [0.25, 0.3) is 10.9 Å². The van der Waals surface area contributed by atoms with Crippen molar-refractivity contribution in [1.29, 1.82) is 0 Å². The van der Waals surface area contributed by atoms with Gasteiger partial charge in [0.2, 0.25) is 0 Å². The Balaban J connectivity index is 1.73. The highest BCUT2D eigenvalue weighted by atomic mass is 35.5. The number of nitro benzene ring substituents is 1. The summed E-state index contributed by atoms with van der Waals surface area (Å²) in [6, 6.07) is 8.60. The molecule has 0 fully saturated rings. The summed E-state index contributed by atoms with van der Waals surface area (Å²) in [7, 11) is 0. The number of carbonyl (C=O) groups is 1. The van der Waals surface area contributed by atoms with E-state index in [9.17, 15) is 24.8 Å². The van der Waals surface area contributed by atoms with Gasteiger partial charge < -0.3 is 14.6 Å². The molecule has 31 heavy (non-hydrogen) atoms. The van der Waals surface area contributed by atoms with E-state index in [1.165, 1.54) is 18.5 Å². The SMILES string of the molecule is CCOC(=O)c1cccc(OC[C@H](O)Cn2cnc3cc(Cl)c([N+](=O)[O-])cc3c2=O)c1. The average molecular weight is 448 g/mol. The van der Waals surface area contributed by atoms with Gasteiger partial charge in [0, 0.05) is 6.07 Å². The first-order chi connectivity index (χ1) is 14.8. The molecule has 162 valence electrons. The zero-order chi connectivity index (χ0) is 22.5. The molecule has 0 bridgehead atoms. The summed E-state index contributed by atoms with van der Waals surface area (Å²) in [5.74, 6) is -0.143. The number of benzene rings is 2. The van der Waals surface area contributed by atoms with Gasteiger partial charge in [0.25, 0.3) is 11.2 Å². The third-order valence-electron chi connectivity index (χ3n) is 4.28. The lowest BCUT2D eigenvalue weighted by Gasteiger charge is -2.14. The van der Waals surface area contributed by atoms with E-state index in [1.54, 1.807) is 25.1 Å². The molecule has 0 aliphatic heterocycles. The Hall–Kier alpha value is -3.50. The molecule has 10 nitrogen and oxygen atoms in total. The van der Waals surface area contributed by atoms with Gasteiger partial charge in [-0.3, -0.25) is 19.5 Å². The van der Waals surface area contributed by atoms with Gasteiger partial charge in [-0.05, 0) is 31.2 Å². The van der Waals surface area contributed by atoms with Gasteiger partial charge >= 0.3 is 5.97 Å². The van der Waals surface area contributed by atoms with Crippen LogP contribution >= 0.6 is 11.6 Å². The molecular weight excluding hydrogens is 430 g/mol. The number of rotatable bonds is 8. The number of nitro groups is 1. The van der Waals surface area contributed by atoms with Crippen LogP contribution in [0.3, 0.4) is 0 Å². The highest BCUT2D eigenvalue weighted by Crippen LogP contribution is 2.27. The maximum Gasteiger partial charge on any atom is 0.338 e. The lowest BCUT2D eigenvalue weighted by atomic mass is 10.2. The lowest BCUT2D eigenvalue weighted by Crippen LogP contribution is -2.30. The second kappa shape index (κ2) is 9.54. The van der Waals surface area contributed by atoms with Crippen molar-refractivity contribution in [1.82, 2.24) is 9.55 Å². The summed E-state index contributed by atoms with van der Waals surface area (Å²) >= 11 is 5.85. The van der Waals surface area contributed by atoms with E-state index in [0.717, 1.165) is 10.6 Å². The number of hydrogen-bond acceptors (Lipinski definition) is 8. The van der Waals surface area contributed by atoms with Gasteiger partial charge in [0.1, 0.15) is 23.5 Å². The van der Waals surface area contributed by atoms with E-state index < -0.39 is 28.2 Å². The lowest BCUT2D eigenvalue weighted by molar-refractivity contribution is -0.384. The molecule has 0 unspecified atom stereocenters. The predicted octanol–water partition coefficient (Wildman–Crippen LogP) is 2.57. The molecule has 11 heteroatoms. The molecule has 1 N–H and O–H groups in total. The number of aromatic nitrogens is 2. The molecule has 3 aromatic rings. The Morgan fingerprint density at radius 3 is 2.84 bits per heavy atom. The number of esters is 1. The maximum atomic E-state index is 12.7. The first kappa shape index (κ1) is 22.2. The smallest absolute Gasteiger partial charge is 0.338 e. The molecule has 0 radical (unpaired) electrons. The van der Waals surface area contributed by atoms with Crippen molar-refractivity contribution in [2.45, 2.75) is 19.6 Å². The summed E-state index contributed by atoms with van der Waals surface area (Å²) < 4.78 is 11.6. The number of fused-ring (bicyclic) bond motifs is 1. The van der Waals surface area contributed by atoms with Crippen molar-refractivity contribution in [2.75, 3.05) is 13.2 Å². The van der Waals surface area contributed by atoms with E-state index in [1.807, 2.05) is 0 Å². The van der Waals surface area contributed by atoms with Gasteiger partial charge in [-0.25, -0.2) is 9.78 Å². The molecular formula is C20H18ClN3O7. The molecule has 0 aliphatic carbocycles. The number of halogens is 1. The van der Waals surface area contributed by atoms with Crippen LogP contribution in [0, 0.1) is 10.1 Å². The molecule has 2 aromatic carbocycles. The summed E-state index contributed by atoms with van der Waals surface area (Å²) in [4.78, 5) is 38.9. The fourth-order valence-corrected chi connectivity index (χ4v) is 3.06. The molecule has 3 rings (SSSR count). The Morgan fingerprint density at radius 1 is 1.35 bits per heavy atom. The maximum absolute atomic E-state index is 12.7. The predicted molar refractivity (Wildman–Crippen MR) is 112 cm³/mol. The van der Waals surface area contributed by atoms with Crippen LogP contribution in [0.15, 0.2) is 47.5 Å². The molecule has 0 saturated heterocycles. The second-order valence-corrected chi connectivity index (χ2v) is 6.90. The Bertz CT molecular complexity index is 1200. The van der Waals surface area contributed by atoms with Crippen molar-refractivity contribution < 1.29 is 24.3 Å². The fourth-order valence-electron chi connectivity index (χ4n) is 2.84. The van der Waals surface area contributed by atoms with Crippen LogP contribution in [-0.4, -0.2) is 44.9 Å². The van der Waals surface area contributed by atoms with Crippen LogP contribution < -0.4 is 10.3 Å². The highest BCUT2D eigenvalue weighted by Gasteiger charge is 2.17. The Labute approximate surface area is 180 Å². The minimum atomic E-state index is -1.09. The standard InChI is InChI=1S/C20H18ClN3O7/c1-2-30-20(27)12-4-3-5-14(6-12)31-10-13(25)9-23-11-22-17-8-16(21)18(24(28)29)7-15(17)19(23)26/h3-8,11,13,25H,2,9-10H2,1H3/t13-/m1/s1. The number of aliphatic hydroxyl groups is 1. The largest absolute Gasteiger partial charge is 0.491 e. The molecule has 1 atom stereocenters. The average Bonchev–Trinajstić information content (AvgIpc) is 2.74. The third kappa shape index (κ3) is 5.16. The van der Waals surface area contributed by atoms with E-state index >= 15 is 0 Å². The van der Waals surface area contributed by atoms with Crippen molar-refractivity contribution >= 4 is 34.2 Å². The van der Waals surface area contributed by atoms with Crippen molar-refractivity contribution in [3.8, 4) is 5.75 Å². The van der Waals surface area contributed by atoms with E-state index in [4.69, 9.17) is 21.1 Å². The first-order valence-electron chi connectivity index (χ1n) is 9.21. The quantitative estimate of drug-likeness (QED) is 0.316. The number of aliphatic hydroxyl groups excluding tert-OH is 1. The van der Waals surface area contributed by atoms with E-state index in [2.05, 4.69) is 4.98 Å². The number of carbonyl (C=O) groups excluding carboxylic acids is 1. The number of nitrogens with zero attached hydrogens (tertiary/aromatic N) is 3. The van der Waals surface area contributed by atoms with Crippen LogP contribution in [0.1, 0.15) is 17.3 Å². The molecule has 1 aromatic heterocycles. The summed E-state index contributed by atoms with van der Waals surface area (Å²) in [5, 5.41) is 21.2. The normalized spacial score (nSPS) is 11.8. The van der Waals surface area contributed by atoms with Crippen LogP contribution in [0.4, 0.5) is 5.69 Å². The zero-order valence-electron chi connectivity index (χ0n) is 16.4. The molecule has 0 spiro atoms. The minimum absolute atomic E-state index is 0.00820. The van der Waals surface area contributed by atoms with Crippen molar-refractivity contribution in [3.05, 3.63) is 73.8 Å². The summed E-state index contributed by atoms with van der Waals surface area (Å²) in [6.45, 7) is 1.62. The topological polar surface area (TPSA) is 134 Å². The fraction of sp³-hybridized carbons (Fsp3) is 0.250. The van der Waals surface area contributed by atoms with Gasteiger partial charge in [-0.15, -0.1) is 0 Å². The first-order valence-corrected chi connectivity index (χ1v) is 9.59. The van der Waals surface area contributed by atoms with Crippen molar-refractivity contribution in [2.24, 2.45) is 0 Å². The Kier molecular flexibility index (Phi) is 6.83. The Morgan fingerprint density at radius 2 is 2.13 bits per heavy atom. The van der Waals surface area contributed by atoms with Crippen LogP contribution in [-0.2, 0) is 11.3 Å². The molecule has 0 aliphatic rings. The van der Waals surface area contributed by atoms with E-state index in [-0.39, 0.29) is 35.7 Å². The van der Waals surface area contributed by atoms with Crippen molar-refractivity contribution in [3.63, 3.8) is 0 Å². The monoisotopic (exact) mass is 447 g/mol. The number of ether oxygens (including phenoxy) is 2. The van der Waals surface area contributed by atoms with Gasteiger partial charge in [0.15, 0.2) is 0 Å². The third-order valence-corrected chi connectivity index (χ3v) is 4.59. The van der Waals surface area contributed by atoms with Gasteiger partial charge in [0.05, 0.1) is 40.9 Å². The van der Waals surface area contributed by atoms with E-state index in [0.29, 0.717) is 11.3 Å². The van der Waals surface area contributed by atoms with Crippen LogP contribution in [0.5, 0.6) is 5.75 Å². The molecule has 1 heterocycles. The van der Waals surface area contributed by atoms with Crippen LogP contribution in [0.2, 0.25) is 5.02 Å². The highest BCUT2D eigenvalue weighted by molar-refractivity contribution is 6.33. The molecule has 0 saturated carbocycles. The summed E-state index contributed by atoms with van der Waals surface area (Å²) in [6.07, 6.45) is 0.128. The summed E-state index contributed by atoms with van der Waals surface area (Å²) in [5.41, 5.74) is -0.452. The zero-order valence-corrected chi connectivity index (χ0v) is 17.1. The minimum Gasteiger partial charge on any atom is -0.491 e.